The lowest BCUT2D eigenvalue weighted by molar-refractivity contribution is -0.157. The van der Waals surface area contributed by atoms with E-state index >= 15 is 0 Å². The van der Waals surface area contributed by atoms with Gasteiger partial charge in [-0.05, 0) is 58.1 Å². The third-order valence-corrected chi connectivity index (χ3v) is 6.56. The molecular formula is C26H32N2O5. The highest BCUT2D eigenvalue weighted by atomic mass is 16.6. The van der Waals surface area contributed by atoms with Crippen LogP contribution in [0.3, 0.4) is 0 Å². The number of piperidine rings is 1. The van der Waals surface area contributed by atoms with Crippen LogP contribution < -0.4 is 0 Å². The summed E-state index contributed by atoms with van der Waals surface area (Å²) in [4.78, 5) is 40.9. The molecule has 4 rings (SSSR count). The molecular weight excluding hydrogens is 420 g/mol. The molecule has 0 unspecified atom stereocenters. The Hall–Kier alpha value is -2.93. The molecule has 7 nitrogen and oxygen atoms in total. The van der Waals surface area contributed by atoms with Gasteiger partial charge >= 0.3 is 12.1 Å². The molecule has 33 heavy (non-hydrogen) atoms. The van der Waals surface area contributed by atoms with Crippen LogP contribution in [0.15, 0.2) is 36.9 Å². The number of Topliss-reactive ketones (excluding diaryl/α,β-unsaturated/α-hetero) is 1. The molecule has 1 saturated heterocycles. The van der Waals surface area contributed by atoms with Crippen LogP contribution >= 0.6 is 0 Å². The standard InChI is InChI=1S/C26H32N2O5/c1-6-16-15-27-13-12-18-17-10-8-9-11-20(17)28(25(31)33-26(3,4)5)22(18)21(27)14-19(16)23(29)24(30)32-7-2/h6,8-11,16,19,21H,1,7,12-15H2,2-5H3/t16-,19+,21+/m1/s1. The number of benzene rings is 1. The highest BCUT2D eigenvalue weighted by Crippen LogP contribution is 2.45. The number of esters is 1. The molecule has 0 spiro atoms. The molecule has 7 heteroatoms. The average molecular weight is 453 g/mol. The van der Waals surface area contributed by atoms with Gasteiger partial charge in [-0.2, -0.15) is 0 Å². The SMILES string of the molecule is C=C[C@@H]1CN2CCc3c(n(C(=O)OC(C)(C)C)c4ccccc34)[C@@H]2C[C@@H]1C(=O)C(=O)OCC. The summed E-state index contributed by atoms with van der Waals surface area (Å²) >= 11 is 0. The molecule has 176 valence electrons. The minimum Gasteiger partial charge on any atom is -0.460 e. The maximum atomic E-state index is 13.4. The number of carbonyl (C=O) groups is 3. The van der Waals surface area contributed by atoms with Gasteiger partial charge in [-0.1, -0.05) is 24.3 Å². The van der Waals surface area contributed by atoms with E-state index in [-0.39, 0.29) is 18.6 Å². The van der Waals surface area contributed by atoms with E-state index in [2.05, 4.69) is 11.5 Å². The quantitative estimate of drug-likeness (QED) is 0.392. The second-order valence-corrected chi connectivity index (χ2v) is 9.78. The third kappa shape index (κ3) is 4.22. The summed E-state index contributed by atoms with van der Waals surface area (Å²) in [5.74, 6) is -2.02. The van der Waals surface area contributed by atoms with Crippen LogP contribution in [0.4, 0.5) is 4.79 Å². The van der Waals surface area contributed by atoms with Crippen molar-refractivity contribution in [3.63, 3.8) is 0 Å². The van der Waals surface area contributed by atoms with Gasteiger partial charge < -0.3 is 9.47 Å². The van der Waals surface area contributed by atoms with Crippen molar-refractivity contribution >= 4 is 28.7 Å². The van der Waals surface area contributed by atoms with Gasteiger partial charge in [-0.15, -0.1) is 6.58 Å². The maximum absolute atomic E-state index is 13.4. The van der Waals surface area contributed by atoms with Gasteiger partial charge in [-0.3, -0.25) is 9.69 Å². The van der Waals surface area contributed by atoms with Gasteiger partial charge in [0.2, 0.25) is 5.78 Å². The van der Waals surface area contributed by atoms with E-state index in [4.69, 9.17) is 9.47 Å². The molecule has 0 amide bonds. The lowest BCUT2D eigenvalue weighted by Gasteiger charge is -2.45. The van der Waals surface area contributed by atoms with E-state index in [1.807, 2.05) is 45.0 Å². The van der Waals surface area contributed by atoms with Crippen molar-refractivity contribution in [2.75, 3.05) is 19.7 Å². The van der Waals surface area contributed by atoms with Crippen LogP contribution in [0, 0.1) is 11.8 Å². The van der Waals surface area contributed by atoms with E-state index < -0.39 is 29.4 Å². The number of para-hydroxylation sites is 1. The number of ether oxygens (including phenoxy) is 2. The average Bonchev–Trinajstić information content (AvgIpc) is 3.11. The number of hydrogen-bond donors (Lipinski definition) is 0. The first-order valence-corrected chi connectivity index (χ1v) is 11.6. The van der Waals surface area contributed by atoms with Crippen molar-refractivity contribution in [3.05, 3.63) is 48.2 Å². The zero-order valence-electron chi connectivity index (χ0n) is 19.8. The summed E-state index contributed by atoms with van der Waals surface area (Å²) in [6, 6.07) is 7.65. The lowest BCUT2D eigenvalue weighted by Crippen LogP contribution is -2.49. The predicted molar refractivity (Wildman–Crippen MR) is 125 cm³/mol. The van der Waals surface area contributed by atoms with Crippen molar-refractivity contribution < 1.29 is 23.9 Å². The van der Waals surface area contributed by atoms with Crippen molar-refractivity contribution in [2.24, 2.45) is 11.8 Å². The summed E-state index contributed by atoms with van der Waals surface area (Å²) in [7, 11) is 0. The monoisotopic (exact) mass is 452 g/mol. The smallest absolute Gasteiger partial charge is 0.419 e. The van der Waals surface area contributed by atoms with E-state index in [9.17, 15) is 14.4 Å². The van der Waals surface area contributed by atoms with Crippen LogP contribution in [0.5, 0.6) is 0 Å². The number of fused-ring (bicyclic) bond motifs is 5. The molecule has 2 aliphatic rings. The van der Waals surface area contributed by atoms with Crippen molar-refractivity contribution in [3.8, 4) is 0 Å². The number of hydrogen-bond acceptors (Lipinski definition) is 6. The summed E-state index contributed by atoms with van der Waals surface area (Å²) in [5.41, 5.74) is 2.13. The minimum absolute atomic E-state index is 0.154. The molecule has 3 atom stereocenters. The number of carbonyl (C=O) groups excluding carboxylic acids is 3. The van der Waals surface area contributed by atoms with E-state index in [0.29, 0.717) is 13.0 Å². The van der Waals surface area contributed by atoms with E-state index in [1.165, 1.54) is 0 Å². The van der Waals surface area contributed by atoms with Gasteiger partial charge in [0, 0.05) is 24.4 Å². The van der Waals surface area contributed by atoms with Crippen LogP contribution in [0.2, 0.25) is 0 Å². The maximum Gasteiger partial charge on any atom is 0.419 e. The lowest BCUT2D eigenvalue weighted by atomic mass is 9.76. The second kappa shape index (κ2) is 8.78. The Kier molecular flexibility index (Phi) is 6.18. The molecule has 0 bridgehead atoms. The second-order valence-electron chi connectivity index (χ2n) is 9.78. The number of ketones is 1. The predicted octanol–water partition coefficient (Wildman–Crippen LogP) is 4.28. The zero-order chi connectivity index (χ0) is 23.9. The Balaban J connectivity index is 1.81. The van der Waals surface area contributed by atoms with Gasteiger partial charge in [0.25, 0.3) is 0 Å². The van der Waals surface area contributed by atoms with Crippen molar-refractivity contribution in [1.29, 1.82) is 0 Å². The van der Waals surface area contributed by atoms with Gasteiger partial charge in [0.05, 0.1) is 23.9 Å². The molecule has 0 radical (unpaired) electrons. The molecule has 1 aromatic heterocycles. The Morgan fingerprint density at radius 2 is 1.94 bits per heavy atom. The number of aromatic nitrogens is 1. The van der Waals surface area contributed by atoms with Gasteiger partial charge in [0.1, 0.15) is 5.60 Å². The normalized spacial score (nSPS) is 22.8. The summed E-state index contributed by atoms with van der Waals surface area (Å²) in [6.45, 7) is 12.7. The van der Waals surface area contributed by atoms with Crippen LogP contribution in [0.1, 0.15) is 51.4 Å². The first kappa shape index (κ1) is 23.2. The van der Waals surface area contributed by atoms with Gasteiger partial charge in [-0.25, -0.2) is 14.2 Å². The minimum atomic E-state index is -0.800. The zero-order valence-corrected chi connectivity index (χ0v) is 19.8. The third-order valence-electron chi connectivity index (χ3n) is 6.56. The Morgan fingerprint density at radius 3 is 2.61 bits per heavy atom. The fourth-order valence-corrected chi connectivity index (χ4v) is 5.21. The number of nitrogens with zero attached hydrogens (tertiary/aromatic N) is 2. The van der Waals surface area contributed by atoms with E-state index in [1.54, 1.807) is 17.6 Å². The van der Waals surface area contributed by atoms with Gasteiger partial charge in [0.15, 0.2) is 0 Å². The molecule has 3 heterocycles. The Bertz CT molecular complexity index is 1110. The van der Waals surface area contributed by atoms with Crippen LogP contribution in [-0.4, -0.2) is 52.6 Å². The molecule has 0 N–H and O–H groups in total. The highest BCUT2D eigenvalue weighted by Gasteiger charge is 2.45. The summed E-state index contributed by atoms with van der Waals surface area (Å²) in [6.07, 6.45) is 2.54. The summed E-state index contributed by atoms with van der Waals surface area (Å²) < 4.78 is 12.4. The fourth-order valence-electron chi connectivity index (χ4n) is 5.21. The summed E-state index contributed by atoms with van der Waals surface area (Å²) in [5, 5.41) is 1.03. The number of rotatable bonds is 4. The highest BCUT2D eigenvalue weighted by molar-refractivity contribution is 6.34. The van der Waals surface area contributed by atoms with Crippen LogP contribution in [-0.2, 0) is 25.5 Å². The topological polar surface area (TPSA) is 77.8 Å². The van der Waals surface area contributed by atoms with Crippen LogP contribution in [0.25, 0.3) is 10.9 Å². The molecule has 1 aromatic carbocycles. The Morgan fingerprint density at radius 1 is 1.21 bits per heavy atom. The van der Waals surface area contributed by atoms with E-state index in [0.717, 1.165) is 35.1 Å². The van der Waals surface area contributed by atoms with Crippen molar-refractivity contribution in [2.45, 2.75) is 52.2 Å². The largest absolute Gasteiger partial charge is 0.460 e. The molecule has 0 saturated carbocycles. The molecule has 0 aliphatic carbocycles. The first-order valence-electron chi connectivity index (χ1n) is 11.6. The Labute approximate surface area is 194 Å². The first-order chi connectivity index (χ1) is 15.7. The van der Waals surface area contributed by atoms with Crippen molar-refractivity contribution in [1.82, 2.24) is 9.47 Å². The molecule has 2 aromatic rings. The molecule has 1 fully saturated rings. The molecule has 2 aliphatic heterocycles. The fraction of sp³-hybridized carbons (Fsp3) is 0.500.